The lowest BCUT2D eigenvalue weighted by atomic mass is 10.1. The lowest BCUT2D eigenvalue weighted by Crippen LogP contribution is -2.44. The van der Waals surface area contributed by atoms with Crippen LogP contribution in [0.25, 0.3) is 0 Å². The van der Waals surface area contributed by atoms with Gasteiger partial charge in [-0.2, -0.15) is 0 Å². The average molecular weight is 311 g/mol. The SMILES string of the molecule is Cc1cc(C(=O)O)cc([N+](=O)[O-])c1O[Si](C)(C)C(C)(C)C. The summed E-state index contributed by atoms with van der Waals surface area (Å²) in [5.74, 6) is -1.02. The fourth-order valence-electron chi connectivity index (χ4n) is 1.56. The molecule has 21 heavy (non-hydrogen) atoms. The third kappa shape index (κ3) is 3.60. The van der Waals surface area contributed by atoms with Crippen LogP contribution in [0.1, 0.15) is 36.7 Å². The third-order valence-corrected chi connectivity index (χ3v) is 8.19. The van der Waals surface area contributed by atoms with Crippen molar-refractivity contribution in [3.8, 4) is 5.75 Å². The molecular weight excluding hydrogens is 290 g/mol. The summed E-state index contributed by atoms with van der Waals surface area (Å²) in [5.41, 5.74) is 0.0606. The molecule has 6 nitrogen and oxygen atoms in total. The van der Waals surface area contributed by atoms with E-state index >= 15 is 0 Å². The molecule has 0 saturated carbocycles. The van der Waals surface area contributed by atoms with E-state index in [-0.39, 0.29) is 22.0 Å². The Hall–Kier alpha value is -1.89. The highest BCUT2D eigenvalue weighted by atomic mass is 28.4. The quantitative estimate of drug-likeness (QED) is 0.516. The summed E-state index contributed by atoms with van der Waals surface area (Å²) in [5, 5.41) is 20.1. The maximum Gasteiger partial charge on any atom is 0.335 e. The van der Waals surface area contributed by atoms with Crippen molar-refractivity contribution in [2.75, 3.05) is 0 Å². The van der Waals surface area contributed by atoms with Gasteiger partial charge in [-0.15, -0.1) is 0 Å². The van der Waals surface area contributed by atoms with Gasteiger partial charge in [0.25, 0.3) is 8.32 Å². The highest BCUT2D eigenvalue weighted by Gasteiger charge is 2.41. The highest BCUT2D eigenvalue weighted by molar-refractivity contribution is 6.74. The standard InChI is InChI=1S/C14H21NO5Si/c1-9-7-10(13(16)17)8-11(15(18)19)12(9)20-21(5,6)14(2,3)4/h7-8H,1-6H3,(H,16,17). The molecule has 116 valence electrons. The van der Waals surface area contributed by atoms with Gasteiger partial charge in [-0.1, -0.05) is 20.8 Å². The average Bonchev–Trinajstić information content (AvgIpc) is 2.28. The summed E-state index contributed by atoms with van der Waals surface area (Å²) in [4.78, 5) is 21.7. The van der Waals surface area contributed by atoms with Crippen LogP contribution in [0.15, 0.2) is 12.1 Å². The topological polar surface area (TPSA) is 89.7 Å². The van der Waals surface area contributed by atoms with Gasteiger partial charge in [-0.3, -0.25) is 10.1 Å². The molecule has 0 fully saturated rings. The minimum Gasteiger partial charge on any atom is -0.539 e. The first-order valence-corrected chi connectivity index (χ1v) is 9.49. The van der Waals surface area contributed by atoms with Crippen molar-refractivity contribution in [3.05, 3.63) is 33.4 Å². The van der Waals surface area contributed by atoms with Crippen LogP contribution >= 0.6 is 0 Å². The van der Waals surface area contributed by atoms with Gasteiger partial charge < -0.3 is 9.53 Å². The Kier molecular flexibility index (Phi) is 4.47. The van der Waals surface area contributed by atoms with Crippen LogP contribution in [0.3, 0.4) is 0 Å². The zero-order chi connectivity index (χ0) is 16.6. The maximum atomic E-state index is 11.2. The number of carbonyl (C=O) groups is 1. The van der Waals surface area contributed by atoms with E-state index in [1.54, 1.807) is 6.92 Å². The normalized spacial score (nSPS) is 12.1. The Morgan fingerprint density at radius 1 is 1.33 bits per heavy atom. The Labute approximate surface area is 125 Å². The smallest absolute Gasteiger partial charge is 0.335 e. The summed E-state index contributed by atoms with van der Waals surface area (Å²) in [7, 11) is -2.25. The second-order valence-corrected chi connectivity index (χ2v) is 11.3. The van der Waals surface area contributed by atoms with Crippen LogP contribution in [-0.4, -0.2) is 24.3 Å². The van der Waals surface area contributed by atoms with Crippen molar-refractivity contribution in [1.82, 2.24) is 0 Å². The van der Waals surface area contributed by atoms with Gasteiger partial charge >= 0.3 is 11.7 Å². The van der Waals surface area contributed by atoms with Gasteiger partial charge in [0.2, 0.25) is 0 Å². The Balaban J connectivity index is 3.43. The molecule has 1 aromatic rings. The molecule has 0 unspecified atom stereocenters. The van der Waals surface area contributed by atoms with E-state index in [2.05, 4.69) is 0 Å². The zero-order valence-electron chi connectivity index (χ0n) is 13.2. The lowest BCUT2D eigenvalue weighted by Gasteiger charge is -2.36. The molecule has 0 aliphatic carbocycles. The van der Waals surface area contributed by atoms with Crippen LogP contribution < -0.4 is 4.43 Å². The van der Waals surface area contributed by atoms with Gasteiger partial charge in [-0.05, 0) is 36.7 Å². The van der Waals surface area contributed by atoms with Gasteiger partial charge in [0, 0.05) is 6.07 Å². The minimum absolute atomic E-state index is 0.109. The van der Waals surface area contributed by atoms with Gasteiger partial charge in [0.05, 0.1) is 10.5 Å². The molecular formula is C14H21NO5Si. The number of nitrogens with zero attached hydrogens (tertiary/aromatic N) is 1. The Bertz CT molecular complexity index is 590. The molecule has 0 aliphatic rings. The van der Waals surface area contributed by atoms with Crippen LogP contribution in [0.2, 0.25) is 18.1 Å². The van der Waals surface area contributed by atoms with E-state index in [9.17, 15) is 14.9 Å². The molecule has 0 saturated heterocycles. The number of rotatable bonds is 4. The number of aromatic carboxylic acids is 1. The molecule has 1 rings (SSSR count). The van der Waals surface area contributed by atoms with Crippen LogP contribution in [-0.2, 0) is 0 Å². The van der Waals surface area contributed by atoms with Crippen molar-refractivity contribution >= 4 is 20.0 Å². The molecule has 0 aliphatic heterocycles. The van der Waals surface area contributed by atoms with E-state index in [0.29, 0.717) is 5.56 Å². The maximum absolute atomic E-state index is 11.2. The molecule has 0 spiro atoms. The lowest BCUT2D eigenvalue weighted by molar-refractivity contribution is -0.385. The Morgan fingerprint density at radius 3 is 2.24 bits per heavy atom. The van der Waals surface area contributed by atoms with Gasteiger partial charge in [-0.25, -0.2) is 4.79 Å². The fourth-order valence-corrected chi connectivity index (χ4v) is 2.64. The first-order valence-electron chi connectivity index (χ1n) is 6.58. The number of hydrogen-bond acceptors (Lipinski definition) is 4. The molecule has 0 amide bonds. The molecule has 0 bridgehead atoms. The second kappa shape index (κ2) is 5.48. The first kappa shape index (κ1) is 17.2. The molecule has 1 N–H and O–H groups in total. The van der Waals surface area contributed by atoms with E-state index in [1.807, 2.05) is 33.9 Å². The minimum atomic E-state index is -2.25. The fraction of sp³-hybridized carbons (Fsp3) is 0.500. The number of benzene rings is 1. The summed E-state index contributed by atoms with van der Waals surface area (Å²) in [6.45, 7) is 11.7. The Morgan fingerprint density at radius 2 is 1.86 bits per heavy atom. The van der Waals surface area contributed by atoms with Crippen molar-refractivity contribution in [1.29, 1.82) is 0 Å². The predicted molar refractivity (Wildman–Crippen MR) is 82.6 cm³/mol. The van der Waals surface area contributed by atoms with E-state index in [1.165, 1.54) is 6.07 Å². The number of nitro groups is 1. The number of carboxylic acid groups (broad SMARTS) is 1. The monoisotopic (exact) mass is 311 g/mol. The summed E-state index contributed by atoms with van der Waals surface area (Å²) in [6.07, 6.45) is 0. The number of aryl methyl sites for hydroxylation is 1. The van der Waals surface area contributed by atoms with Gasteiger partial charge in [0.15, 0.2) is 5.75 Å². The van der Waals surface area contributed by atoms with Gasteiger partial charge in [0.1, 0.15) is 0 Å². The summed E-state index contributed by atoms with van der Waals surface area (Å²) >= 11 is 0. The predicted octanol–water partition coefficient (Wildman–Crippen LogP) is 3.99. The highest BCUT2D eigenvalue weighted by Crippen LogP contribution is 2.41. The molecule has 0 aromatic heterocycles. The first-order chi connectivity index (χ1) is 9.36. The summed E-state index contributed by atoms with van der Waals surface area (Å²) < 4.78 is 6.03. The van der Waals surface area contributed by atoms with Crippen molar-refractivity contribution in [3.63, 3.8) is 0 Å². The molecule has 0 heterocycles. The molecule has 0 radical (unpaired) electrons. The summed E-state index contributed by atoms with van der Waals surface area (Å²) in [6, 6.07) is 2.45. The largest absolute Gasteiger partial charge is 0.539 e. The van der Waals surface area contributed by atoms with Crippen molar-refractivity contribution in [2.24, 2.45) is 0 Å². The van der Waals surface area contributed by atoms with Crippen LogP contribution in [0.5, 0.6) is 5.75 Å². The van der Waals surface area contributed by atoms with E-state index in [4.69, 9.17) is 9.53 Å². The van der Waals surface area contributed by atoms with E-state index < -0.39 is 19.2 Å². The number of hydrogen-bond donors (Lipinski definition) is 1. The van der Waals surface area contributed by atoms with Crippen LogP contribution in [0, 0.1) is 17.0 Å². The molecule has 0 atom stereocenters. The van der Waals surface area contributed by atoms with Crippen molar-refractivity contribution in [2.45, 2.75) is 45.8 Å². The third-order valence-electron chi connectivity index (χ3n) is 3.86. The molecule has 1 aromatic carbocycles. The van der Waals surface area contributed by atoms with Crippen LogP contribution in [0.4, 0.5) is 5.69 Å². The van der Waals surface area contributed by atoms with Crippen molar-refractivity contribution < 1.29 is 19.3 Å². The molecule has 7 heteroatoms. The zero-order valence-corrected chi connectivity index (χ0v) is 14.2. The van der Waals surface area contributed by atoms with E-state index in [0.717, 1.165) is 6.07 Å². The number of nitro benzene ring substituents is 1. The second-order valence-electron chi connectivity index (χ2n) is 6.57. The number of carboxylic acids is 1.